The number of hydrogen-bond donors (Lipinski definition) is 2. The number of benzene rings is 1. The van der Waals surface area contributed by atoms with Gasteiger partial charge >= 0.3 is 11.9 Å². The molecule has 1 rings (SSSR count). The minimum absolute atomic E-state index is 0.541. The molecule has 2 unspecified atom stereocenters. The smallest absolute Gasteiger partial charge is 0.344 e. The van der Waals surface area contributed by atoms with Crippen molar-refractivity contribution in [3.8, 4) is 0 Å². The monoisotopic (exact) mass is 237 g/mol. The second-order valence-electron chi connectivity index (χ2n) is 3.81. The van der Waals surface area contributed by atoms with E-state index in [0.29, 0.717) is 11.3 Å². The number of hydrogen-bond acceptors (Lipinski definition) is 4. The van der Waals surface area contributed by atoms with Crippen molar-refractivity contribution in [3.05, 3.63) is 29.8 Å². The highest BCUT2D eigenvalue weighted by Gasteiger charge is 2.22. The molecule has 2 atom stereocenters. The average Bonchev–Trinajstić information content (AvgIpc) is 2.27. The first-order chi connectivity index (χ1) is 7.91. The Morgan fingerprint density at radius 2 is 2.00 bits per heavy atom. The standard InChI is InChI=1S/C12H15NO4/c1-7(9-4-3-5-10(13)6-9)12(16)17-8(2)11(14)15/h3-8H,13H2,1-2H3,(H,14,15). The highest BCUT2D eigenvalue weighted by molar-refractivity contribution is 5.82. The third kappa shape index (κ3) is 3.48. The minimum atomic E-state index is -1.17. The first-order valence-electron chi connectivity index (χ1n) is 5.20. The summed E-state index contributed by atoms with van der Waals surface area (Å²) in [6.07, 6.45) is -1.15. The van der Waals surface area contributed by atoms with Gasteiger partial charge in [0.05, 0.1) is 5.92 Å². The van der Waals surface area contributed by atoms with Gasteiger partial charge in [0.25, 0.3) is 0 Å². The maximum absolute atomic E-state index is 11.6. The van der Waals surface area contributed by atoms with E-state index in [4.69, 9.17) is 15.6 Å². The normalized spacial score (nSPS) is 13.8. The Kier molecular flexibility index (Phi) is 4.09. The third-order valence-electron chi connectivity index (χ3n) is 2.40. The number of ether oxygens (including phenoxy) is 1. The molecule has 1 aromatic rings. The lowest BCUT2D eigenvalue weighted by molar-refractivity contribution is -0.163. The molecule has 0 amide bonds. The quantitative estimate of drug-likeness (QED) is 0.610. The van der Waals surface area contributed by atoms with Crippen molar-refractivity contribution >= 4 is 17.6 Å². The Bertz CT molecular complexity index is 430. The zero-order valence-corrected chi connectivity index (χ0v) is 9.71. The molecule has 0 saturated carbocycles. The Morgan fingerprint density at radius 3 is 2.53 bits per heavy atom. The maximum Gasteiger partial charge on any atom is 0.344 e. The Labute approximate surface area is 99.2 Å². The lowest BCUT2D eigenvalue weighted by atomic mass is 10.0. The third-order valence-corrected chi connectivity index (χ3v) is 2.40. The van der Waals surface area contributed by atoms with Crippen LogP contribution in [-0.4, -0.2) is 23.1 Å². The summed E-state index contributed by atoms with van der Waals surface area (Å²) < 4.78 is 4.79. The number of rotatable bonds is 4. The summed E-state index contributed by atoms with van der Waals surface area (Å²) in [5.74, 6) is -2.29. The molecule has 0 bridgehead atoms. The molecule has 0 spiro atoms. The number of carboxylic acids is 1. The highest BCUT2D eigenvalue weighted by Crippen LogP contribution is 2.19. The van der Waals surface area contributed by atoms with E-state index >= 15 is 0 Å². The number of nitrogens with two attached hydrogens (primary N) is 1. The molecule has 5 heteroatoms. The molecule has 5 nitrogen and oxygen atoms in total. The molecule has 17 heavy (non-hydrogen) atoms. The van der Waals surface area contributed by atoms with E-state index in [-0.39, 0.29) is 0 Å². The fourth-order valence-corrected chi connectivity index (χ4v) is 1.29. The molecule has 0 heterocycles. The Balaban J connectivity index is 2.73. The van der Waals surface area contributed by atoms with Gasteiger partial charge in [0, 0.05) is 5.69 Å². The van der Waals surface area contributed by atoms with Crippen LogP contribution in [0.25, 0.3) is 0 Å². The molecule has 0 aliphatic carbocycles. The van der Waals surface area contributed by atoms with E-state index in [1.54, 1.807) is 31.2 Å². The van der Waals surface area contributed by atoms with Crippen LogP contribution in [0.15, 0.2) is 24.3 Å². The minimum Gasteiger partial charge on any atom is -0.479 e. The van der Waals surface area contributed by atoms with Crippen LogP contribution in [0, 0.1) is 0 Å². The molecule has 0 radical (unpaired) electrons. The average molecular weight is 237 g/mol. The van der Waals surface area contributed by atoms with E-state index in [2.05, 4.69) is 0 Å². The molecule has 3 N–H and O–H groups in total. The maximum atomic E-state index is 11.6. The second kappa shape index (κ2) is 5.34. The van der Waals surface area contributed by atoms with Gasteiger partial charge in [-0.05, 0) is 31.5 Å². The van der Waals surface area contributed by atoms with Crippen molar-refractivity contribution in [1.82, 2.24) is 0 Å². The van der Waals surface area contributed by atoms with Crippen LogP contribution < -0.4 is 5.73 Å². The van der Waals surface area contributed by atoms with Crippen LogP contribution in [0.5, 0.6) is 0 Å². The molecule has 0 fully saturated rings. The SMILES string of the molecule is CC(OC(=O)C(C)c1cccc(N)c1)C(=O)O. The van der Waals surface area contributed by atoms with Crippen molar-refractivity contribution in [2.24, 2.45) is 0 Å². The first-order valence-corrected chi connectivity index (χ1v) is 5.20. The number of carboxylic acid groups (broad SMARTS) is 1. The Morgan fingerprint density at radius 1 is 1.35 bits per heavy atom. The van der Waals surface area contributed by atoms with E-state index in [1.807, 2.05) is 0 Å². The zero-order chi connectivity index (χ0) is 13.0. The van der Waals surface area contributed by atoms with Gasteiger partial charge in [0.2, 0.25) is 0 Å². The molecule has 92 valence electrons. The predicted octanol–water partition coefficient (Wildman–Crippen LogP) is 1.39. The largest absolute Gasteiger partial charge is 0.479 e. The fraction of sp³-hybridized carbons (Fsp3) is 0.333. The summed E-state index contributed by atoms with van der Waals surface area (Å²) in [6, 6.07) is 6.85. The first kappa shape index (κ1) is 13.0. The van der Waals surface area contributed by atoms with Crippen molar-refractivity contribution in [2.45, 2.75) is 25.9 Å². The van der Waals surface area contributed by atoms with Crippen molar-refractivity contribution in [1.29, 1.82) is 0 Å². The van der Waals surface area contributed by atoms with Gasteiger partial charge < -0.3 is 15.6 Å². The summed E-state index contributed by atoms with van der Waals surface area (Å²) in [5, 5.41) is 8.63. The van der Waals surface area contributed by atoms with Crippen LogP contribution in [0.2, 0.25) is 0 Å². The van der Waals surface area contributed by atoms with Crippen LogP contribution in [0.4, 0.5) is 5.69 Å². The lowest BCUT2D eigenvalue weighted by Gasteiger charge is -2.14. The van der Waals surface area contributed by atoms with Crippen LogP contribution in [0.1, 0.15) is 25.3 Å². The number of carbonyl (C=O) groups excluding carboxylic acids is 1. The van der Waals surface area contributed by atoms with Crippen LogP contribution in [0.3, 0.4) is 0 Å². The fourth-order valence-electron chi connectivity index (χ4n) is 1.29. The number of nitrogen functional groups attached to an aromatic ring is 1. The number of aliphatic carboxylic acids is 1. The van der Waals surface area contributed by atoms with Crippen LogP contribution in [-0.2, 0) is 14.3 Å². The van der Waals surface area contributed by atoms with Gasteiger partial charge in [-0.3, -0.25) is 4.79 Å². The summed E-state index contributed by atoms with van der Waals surface area (Å²) >= 11 is 0. The number of carbonyl (C=O) groups is 2. The summed E-state index contributed by atoms with van der Waals surface area (Å²) in [6.45, 7) is 2.96. The molecular weight excluding hydrogens is 222 g/mol. The molecule has 0 aliphatic rings. The second-order valence-corrected chi connectivity index (χ2v) is 3.81. The summed E-state index contributed by atoms with van der Waals surface area (Å²) in [5.41, 5.74) is 6.85. The summed E-state index contributed by atoms with van der Waals surface area (Å²) in [7, 11) is 0. The summed E-state index contributed by atoms with van der Waals surface area (Å²) in [4.78, 5) is 22.2. The van der Waals surface area contributed by atoms with Gasteiger partial charge in [-0.15, -0.1) is 0 Å². The van der Waals surface area contributed by atoms with Crippen molar-refractivity contribution in [2.75, 3.05) is 5.73 Å². The van der Waals surface area contributed by atoms with Gasteiger partial charge in [-0.2, -0.15) is 0 Å². The predicted molar refractivity (Wildman–Crippen MR) is 62.5 cm³/mol. The number of anilines is 1. The number of esters is 1. The van der Waals surface area contributed by atoms with E-state index in [0.717, 1.165) is 0 Å². The Hall–Kier alpha value is -2.04. The molecule has 0 aliphatic heterocycles. The lowest BCUT2D eigenvalue weighted by Crippen LogP contribution is -2.26. The highest BCUT2D eigenvalue weighted by atomic mass is 16.6. The molecular formula is C12H15NO4. The molecule has 1 aromatic carbocycles. The topological polar surface area (TPSA) is 89.6 Å². The van der Waals surface area contributed by atoms with E-state index in [1.165, 1.54) is 6.92 Å². The van der Waals surface area contributed by atoms with E-state index in [9.17, 15) is 9.59 Å². The van der Waals surface area contributed by atoms with Gasteiger partial charge in [0.15, 0.2) is 6.10 Å². The molecule has 0 saturated heterocycles. The van der Waals surface area contributed by atoms with E-state index < -0.39 is 24.0 Å². The van der Waals surface area contributed by atoms with Gasteiger partial charge in [0.1, 0.15) is 0 Å². The zero-order valence-electron chi connectivity index (χ0n) is 9.71. The molecule has 0 aromatic heterocycles. The van der Waals surface area contributed by atoms with Gasteiger partial charge in [-0.1, -0.05) is 12.1 Å². The van der Waals surface area contributed by atoms with Gasteiger partial charge in [-0.25, -0.2) is 4.79 Å². The van der Waals surface area contributed by atoms with Crippen molar-refractivity contribution < 1.29 is 19.4 Å². The van der Waals surface area contributed by atoms with Crippen molar-refractivity contribution in [3.63, 3.8) is 0 Å². The van der Waals surface area contributed by atoms with Crippen LogP contribution >= 0.6 is 0 Å².